The van der Waals surface area contributed by atoms with Crippen molar-refractivity contribution in [1.82, 2.24) is 4.90 Å². The molecule has 0 unspecified atom stereocenters. The van der Waals surface area contributed by atoms with Gasteiger partial charge in [0.15, 0.2) is 0 Å². The highest BCUT2D eigenvalue weighted by Gasteiger charge is 2.75. The molecule has 5 rings (SSSR count). The molecule has 27 heavy (non-hydrogen) atoms. The molecule has 6 nitrogen and oxygen atoms in total. The largest absolute Gasteiger partial charge is 0.458 e. The van der Waals surface area contributed by atoms with Gasteiger partial charge in [0.25, 0.3) is 11.5 Å². The third kappa shape index (κ3) is 2.56. The summed E-state index contributed by atoms with van der Waals surface area (Å²) in [6.45, 7) is 0.537. The molecule has 3 heterocycles. The van der Waals surface area contributed by atoms with Crippen molar-refractivity contribution in [2.24, 2.45) is 0 Å². The molecule has 0 aromatic heterocycles. The van der Waals surface area contributed by atoms with Crippen molar-refractivity contribution < 1.29 is 23.8 Å². The first-order valence-corrected chi connectivity index (χ1v) is 9.08. The third-order valence-electron chi connectivity index (χ3n) is 5.49. The van der Waals surface area contributed by atoms with E-state index in [1.165, 1.54) is 0 Å². The number of esters is 1. The summed E-state index contributed by atoms with van der Waals surface area (Å²) in [5, 5.41) is 0. The van der Waals surface area contributed by atoms with E-state index in [0.29, 0.717) is 13.0 Å². The first kappa shape index (κ1) is 16.5. The lowest BCUT2D eigenvalue weighted by atomic mass is 9.94. The minimum atomic E-state index is -1.51. The highest BCUT2D eigenvalue weighted by Crippen LogP contribution is 2.51. The molecular weight excluding hydrogens is 346 g/mol. The Bertz CT molecular complexity index is 871. The number of carbonyl (C=O) groups excluding carboxylic acids is 2. The molecule has 0 aliphatic carbocycles. The van der Waals surface area contributed by atoms with Gasteiger partial charge in [-0.3, -0.25) is 4.79 Å². The number of amides is 1. The average molecular weight is 365 g/mol. The lowest BCUT2D eigenvalue weighted by molar-refractivity contribution is -0.163. The molecule has 0 saturated carbocycles. The maximum atomic E-state index is 13.2. The second-order valence-corrected chi connectivity index (χ2v) is 7.07. The number of epoxide rings is 1. The van der Waals surface area contributed by atoms with Gasteiger partial charge >= 0.3 is 5.97 Å². The molecule has 0 spiro atoms. The molecule has 3 saturated heterocycles. The van der Waals surface area contributed by atoms with Crippen LogP contribution in [0.25, 0.3) is 0 Å². The molecule has 0 N–H and O–H groups in total. The molecule has 3 fully saturated rings. The van der Waals surface area contributed by atoms with Crippen LogP contribution in [0.1, 0.15) is 23.6 Å². The summed E-state index contributed by atoms with van der Waals surface area (Å²) in [5.41, 5.74) is 0.346. The van der Waals surface area contributed by atoms with E-state index in [2.05, 4.69) is 0 Å². The summed E-state index contributed by atoms with van der Waals surface area (Å²) in [7, 11) is 0. The fraction of sp³-hybridized carbons (Fsp3) is 0.333. The van der Waals surface area contributed by atoms with E-state index in [4.69, 9.17) is 14.2 Å². The van der Waals surface area contributed by atoms with Gasteiger partial charge in [-0.15, -0.1) is 0 Å². The van der Waals surface area contributed by atoms with Crippen LogP contribution in [0.2, 0.25) is 0 Å². The second-order valence-electron chi connectivity index (χ2n) is 7.07. The molecule has 0 bridgehead atoms. The Hall–Kier alpha value is -2.70. The van der Waals surface area contributed by atoms with E-state index in [1.807, 2.05) is 60.7 Å². The zero-order valence-corrected chi connectivity index (χ0v) is 14.6. The molecule has 6 heteroatoms. The number of fused-ring (bicyclic) bond motifs is 2. The van der Waals surface area contributed by atoms with Gasteiger partial charge in [-0.25, -0.2) is 4.79 Å². The predicted molar refractivity (Wildman–Crippen MR) is 94.2 cm³/mol. The van der Waals surface area contributed by atoms with E-state index in [-0.39, 0.29) is 24.8 Å². The van der Waals surface area contributed by atoms with E-state index in [0.717, 1.165) is 11.1 Å². The summed E-state index contributed by atoms with van der Waals surface area (Å²) >= 11 is 0. The van der Waals surface area contributed by atoms with Crippen molar-refractivity contribution in [1.29, 1.82) is 0 Å². The van der Waals surface area contributed by atoms with Crippen LogP contribution in [0.15, 0.2) is 60.7 Å². The molecule has 138 valence electrons. The fourth-order valence-corrected chi connectivity index (χ4v) is 4.01. The highest BCUT2D eigenvalue weighted by atomic mass is 16.7. The highest BCUT2D eigenvalue weighted by molar-refractivity contribution is 6.10. The maximum Gasteiger partial charge on any atom is 0.351 e. The zero-order chi connectivity index (χ0) is 18.4. The lowest BCUT2D eigenvalue weighted by Gasteiger charge is -2.33. The quantitative estimate of drug-likeness (QED) is 0.472. The van der Waals surface area contributed by atoms with Gasteiger partial charge in [-0.2, -0.15) is 0 Å². The zero-order valence-electron chi connectivity index (χ0n) is 14.6. The number of piperidine rings is 1. The molecule has 0 radical (unpaired) electrons. The van der Waals surface area contributed by atoms with Crippen LogP contribution in [0.4, 0.5) is 0 Å². The molecule has 3 aliphatic rings. The Morgan fingerprint density at radius 3 is 2.56 bits per heavy atom. The van der Waals surface area contributed by atoms with Gasteiger partial charge in [0, 0.05) is 6.42 Å². The van der Waals surface area contributed by atoms with Crippen LogP contribution in [0.5, 0.6) is 0 Å². The smallest absolute Gasteiger partial charge is 0.351 e. The number of hydrogen-bond donors (Lipinski definition) is 0. The van der Waals surface area contributed by atoms with E-state index >= 15 is 0 Å². The van der Waals surface area contributed by atoms with Crippen molar-refractivity contribution in [2.75, 3.05) is 6.61 Å². The van der Waals surface area contributed by atoms with Crippen molar-refractivity contribution >= 4 is 11.9 Å². The van der Waals surface area contributed by atoms with E-state index in [1.54, 1.807) is 4.90 Å². The van der Waals surface area contributed by atoms with E-state index < -0.39 is 17.7 Å². The van der Waals surface area contributed by atoms with Gasteiger partial charge in [0.2, 0.25) is 0 Å². The molecule has 1 amide bonds. The van der Waals surface area contributed by atoms with Gasteiger partial charge in [0.05, 0.1) is 12.6 Å². The lowest BCUT2D eigenvalue weighted by Crippen LogP contribution is -2.54. The SMILES string of the molecule is O=C(OCc1ccccc1)[C@]12O[C@H]1C[C@@H]1OC[C@@H](c3ccccc3)N1C2=O. The summed E-state index contributed by atoms with van der Waals surface area (Å²) < 4.78 is 16.8. The first-order chi connectivity index (χ1) is 13.2. The summed E-state index contributed by atoms with van der Waals surface area (Å²) in [4.78, 5) is 27.6. The topological polar surface area (TPSA) is 68.4 Å². The molecule has 4 atom stereocenters. The van der Waals surface area contributed by atoms with Gasteiger partial charge in [-0.1, -0.05) is 60.7 Å². The summed E-state index contributed by atoms with van der Waals surface area (Å²) in [6, 6.07) is 18.9. The van der Waals surface area contributed by atoms with Gasteiger partial charge in [-0.05, 0) is 11.1 Å². The molecular formula is C21H19NO5. The molecule has 3 aliphatic heterocycles. The summed E-state index contributed by atoms with van der Waals surface area (Å²) in [6.07, 6.45) is -0.343. The Labute approximate surface area is 156 Å². The monoisotopic (exact) mass is 365 g/mol. The number of benzene rings is 2. The standard InChI is InChI=1S/C21H19NO5/c23-19-21(20(24)26-12-14-7-3-1-4-8-14)17(27-21)11-18-22(19)16(13-25-18)15-9-5-2-6-10-15/h1-10,16-18H,11-13H2/t16-,17-,18-,21-/m0/s1. The predicted octanol–water partition coefficient (Wildman–Crippen LogP) is 2.20. The van der Waals surface area contributed by atoms with Gasteiger partial charge in [0.1, 0.15) is 18.9 Å². The molecule has 2 aromatic rings. The number of nitrogens with zero attached hydrogens (tertiary/aromatic N) is 1. The van der Waals surface area contributed by atoms with Gasteiger partial charge < -0.3 is 19.1 Å². The first-order valence-electron chi connectivity index (χ1n) is 9.08. The Balaban J connectivity index is 1.36. The maximum absolute atomic E-state index is 13.2. The second kappa shape index (κ2) is 6.18. The van der Waals surface area contributed by atoms with Crippen molar-refractivity contribution in [3.63, 3.8) is 0 Å². The van der Waals surface area contributed by atoms with Crippen LogP contribution >= 0.6 is 0 Å². The Morgan fingerprint density at radius 2 is 1.81 bits per heavy atom. The van der Waals surface area contributed by atoms with Crippen LogP contribution < -0.4 is 0 Å². The van der Waals surface area contributed by atoms with Crippen LogP contribution in [0, 0.1) is 0 Å². The van der Waals surface area contributed by atoms with Crippen LogP contribution in [0.3, 0.4) is 0 Å². The Morgan fingerprint density at radius 1 is 1.11 bits per heavy atom. The summed E-state index contributed by atoms with van der Waals surface area (Å²) in [5.74, 6) is -0.966. The number of ether oxygens (including phenoxy) is 3. The fourth-order valence-electron chi connectivity index (χ4n) is 4.01. The minimum absolute atomic E-state index is 0.118. The van der Waals surface area contributed by atoms with Crippen molar-refractivity contribution in [2.45, 2.75) is 37.0 Å². The normalized spacial score (nSPS) is 31.2. The van der Waals surface area contributed by atoms with Crippen LogP contribution in [-0.4, -0.2) is 41.3 Å². The van der Waals surface area contributed by atoms with Crippen LogP contribution in [-0.2, 0) is 30.4 Å². The number of rotatable bonds is 4. The third-order valence-corrected chi connectivity index (χ3v) is 5.49. The Kier molecular flexibility index (Phi) is 3.77. The van der Waals surface area contributed by atoms with Crippen molar-refractivity contribution in [3.8, 4) is 0 Å². The number of carbonyl (C=O) groups is 2. The molecule has 2 aromatic carbocycles. The minimum Gasteiger partial charge on any atom is -0.458 e. The number of hydrogen-bond acceptors (Lipinski definition) is 5. The van der Waals surface area contributed by atoms with Crippen molar-refractivity contribution in [3.05, 3.63) is 71.8 Å². The van der Waals surface area contributed by atoms with E-state index in [9.17, 15) is 9.59 Å². The average Bonchev–Trinajstić information content (AvgIpc) is 3.31.